The zero-order chi connectivity index (χ0) is 24.3. The minimum Gasteiger partial charge on any atom is -0.506 e. The number of nitrogens with one attached hydrogen (secondary N) is 1. The molecule has 6 nitrogen and oxygen atoms in total. The fourth-order valence-corrected chi connectivity index (χ4v) is 8.19. The topological polar surface area (TPSA) is 84.2 Å². The number of aromatic hydroxyl groups is 1. The van der Waals surface area contributed by atoms with Crippen LogP contribution in [0.1, 0.15) is 74.8 Å². The lowest BCUT2D eigenvalue weighted by Crippen LogP contribution is -2.48. The lowest BCUT2D eigenvalue weighted by Gasteiger charge is -2.56. The number of aromatic nitrogens is 2. The molecule has 4 aliphatic carbocycles. The monoisotopic (exact) mass is 491 g/mol. The minimum absolute atomic E-state index is 0.156. The number of amides is 1. The Balaban J connectivity index is 1.31. The van der Waals surface area contributed by atoms with Crippen molar-refractivity contribution >= 4 is 33.3 Å². The number of hydrogen-bond donors (Lipinski definition) is 2. The predicted octanol–water partition coefficient (Wildman–Crippen LogP) is 5.93. The van der Waals surface area contributed by atoms with Crippen LogP contribution in [-0.2, 0) is 12.0 Å². The van der Waals surface area contributed by atoms with Crippen LogP contribution in [0.15, 0.2) is 34.4 Å². The molecule has 2 heterocycles. The third kappa shape index (κ3) is 3.88. The van der Waals surface area contributed by atoms with Crippen molar-refractivity contribution in [2.45, 2.75) is 70.8 Å². The van der Waals surface area contributed by atoms with E-state index in [-0.39, 0.29) is 16.7 Å². The third-order valence-electron chi connectivity index (χ3n) is 8.61. The Morgan fingerprint density at radius 2 is 1.83 bits per heavy atom. The number of rotatable bonds is 6. The number of carbonyl (C=O) groups excluding carboxylic acids is 1. The van der Waals surface area contributed by atoms with Gasteiger partial charge in [0.1, 0.15) is 11.3 Å². The Hall–Kier alpha value is -2.67. The molecular weight excluding hydrogens is 458 g/mol. The summed E-state index contributed by atoms with van der Waals surface area (Å²) in [6, 6.07) is 7.21. The van der Waals surface area contributed by atoms with Crippen LogP contribution in [0.5, 0.6) is 5.75 Å². The molecule has 2 N–H and O–H groups in total. The van der Waals surface area contributed by atoms with Gasteiger partial charge in [0.05, 0.1) is 11.2 Å². The Labute approximate surface area is 209 Å². The molecule has 4 saturated carbocycles. The second kappa shape index (κ2) is 8.47. The molecule has 2 aromatic heterocycles. The Kier molecular flexibility index (Phi) is 5.51. The number of anilines is 1. The van der Waals surface area contributed by atoms with Gasteiger partial charge in [0.25, 0.3) is 11.5 Å². The summed E-state index contributed by atoms with van der Waals surface area (Å²) in [4.78, 5) is 31.6. The number of thiazole rings is 1. The van der Waals surface area contributed by atoms with Gasteiger partial charge in [-0.25, -0.2) is 4.98 Å². The maximum atomic E-state index is 13.4. The van der Waals surface area contributed by atoms with Gasteiger partial charge in [0.15, 0.2) is 5.13 Å². The molecule has 3 aromatic rings. The summed E-state index contributed by atoms with van der Waals surface area (Å²) in [7, 11) is 0. The summed E-state index contributed by atoms with van der Waals surface area (Å²) in [5, 5.41) is 16.9. The molecular formula is C28H33N3O3S. The lowest BCUT2D eigenvalue weighted by atomic mass is 9.49. The van der Waals surface area contributed by atoms with Crippen LogP contribution in [0.25, 0.3) is 10.9 Å². The number of carbonyl (C=O) groups is 1. The van der Waals surface area contributed by atoms with E-state index in [9.17, 15) is 14.7 Å². The summed E-state index contributed by atoms with van der Waals surface area (Å²) in [6.45, 7) is 4.70. The molecule has 0 aliphatic heterocycles. The maximum Gasteiger partial charge on any atom is 0.267 e. The van der Waals surface area contributed by atoms with E-state index < -0.39 is 11.5 Å². The van der Waals surface area contributed by atoms with E-state index in [0.29, 0.717) is 28.5 Å². The van der Waals surface area contributed by atoms with E-state index in [2.05, 4.69) is 24.5 Å². The molecule has 4 bridgehead atoms. The molecule has 1 amide bonds. The second-order valence-corrected chi connectivity index (χ2v) is 12.4. The summed E-state index contributed by atoms with van der Waals surface area (Å²) < 4.78 is 1.62. The van der Waals surface area contributed by atoms with Crippen molar-refractivity contribution < 1.29 is 9.90 Å². The number of aryl methyl sites for hydroxylation is 1. The molecule has 35 heavy (non-hydrogen) atoms. The van der Waals surface area contributed by atoms with Gasteiger partial charge in [-0.1, -0.05) is 26.0 Å². The molecule has 0 unspecified atom stereocenters. The van der Waals surface area contributed by atoms with Gasteiger partial charge in [-0.3, -0.25) is 14.9 Å². The standard InChI is InChI=1S/C28H33N3O3S/c1-16(2)7-8-31-21-6-4-3-5-20(21)24(32)23(26(31)34)25(33)30-27-29-22(15-35-27)28-12-17-9-18(13-28)11-19(10-17)14-28/h3-6,15-19,32H,7-14H2,1-2H3,(H,29,30,33). The van der Waals surface area contributed by atoms with Crippen LogP contribution in [0.3, 0.4) is 0 Å². The number of nitrogens with zero attached hydrogens (tertiary/aromatic N) is 2. The summed E-state index contributed by atoms with van der Waals surface area (Å²) in [6.07, 6.45) is 8.55. The molecule has 4 fully saturated rings. The summed E-state index contributed by atoms with van der Waals surface area (Å²) >= 11 is 1.42. The largest absolute Gasteiger partial charge is 0.506 e. The molecule has 4 aliphatic rings. The highest BCUT2D eigenvalue weighted by atomic mass is 32.1. The van der Waals surface area contributed by atoms with Crippen LogP contribution < -0.4 is 10.9 Å². The van der Waals surface area contributed by atoms with Gasteiger partial charge >= 0.3 is 0 Å². The van der Waals surface area contributed by atoms with E-state index >= 15 is 0 Å². The fourth-order valence-electron chi connectivity index (χ4n) is 7.36. The quantitative estimate of drug-likeness (QED) is 0.448. The van der Waals surface area contributed by atoms with Crippen LogP contribution in [0, 0.1) is 23.7 Å². The highest BCUT2D eigenvalue weighted by Crippen LogP contribution is 2.60. The molecule has 7 heteroatoms. The molecule has 0 saturated heterocycles. The van der Waals surface area contributed by atoms with Crippen molar-refractivity contribution in [2.24, 2.45) is 23.7 Å². The van der Waals surface area contributed by atoms with Crippen molar-refractivity contribution in [1.82, 2.24) is 9.55 Å². The molecule has 0 spiro atoms. The van der Waals surface area contributed by atoms with Crippen molar-refractivity contribution in [2.75, 3.05) is 5.32 Å². The van der Waals surface area contributed by atoms with E-state index in [1.165, 1.54) is 49.9 Å². The van der Waals surface area contributed by atoms with Crippen LogP contribution in [-0.4, -0.2) is 20.6 Å². The lowest BCUT2D eigenvalue weighted by molar-refractivity contribution is -0.00688. The first-order valence-corrected chi connectivity index (χ1v) is 13.8. The first kappa shape index (κ1) is 22.8. The van der Waals surface area contributed by atoms with E-state index in [1.54, 1.807) is 16.7 Å². The Bertz CT molecular complexity index is 1320. The second-order valence-electron chi connectivity index (χ2n) is 11.6. The SMILES string of the molecule is CC(C)CCn1c(=O)c(C(=O)Nc2nc(C34CC5CC(CC(C5)C3)C4)cs2)c(O)c2ccccc21. The van der Waals surface area contributed by atoms with Crippen LogP contribution in [0.2, 0.25) is 0 Å². The number of fused-ring (bicyclic) bond motifs is 1. The Morgan fingerprint density at radius 3 is 2.49 bits per heavy atom. The zero-order valence-electron chi connectivity index (χ0n) is 20.4. The fraction of sp³-hybridized carbons (Fsp3) is 0.536. The van der Waals surface area contributed by atoms with E-state index in [0.717, 1.165) is 29.9 Å². The van der Waals surface area contributed by atoms with Gasteiger partial charge in [-0.05, 0) is 80.8 Å². The molecule has 0 radical (unpaired) electrons. The predicted molar refractivity (Wildman–Crippen MR) is 139 cm³/mol. The van der Waals surface area contributed by atoms with Crippen LogP contribution in [0.4, 0.5) is 5.13 Å². The van der Waals surface area contributed by atoms with E-state index in [1.807, 2.05) is 12.1 Å². The zero-order valence-corrected chi connectivity index (χ0v) is 21.2. The highest BCUT2D eigenvalue weighted by molar-refractivity contribution is 7.14. The third-order valence-corrected chi connectivity index (χ3v) is 9.37. The summed E-state index contributed by atoms with van der Waals surface area (Å²) in [5.74, 6) is 2.01. The first-order valence-electron chi connectivity index (χ1n) is 12.9. The minimum atomic E-state index is -0.594. The van der Waals surface area contributed by atoms with Gasteiger partial charge in [-0.2, -0.15) is 0 Å². The van der Waals surface area contributed by atoms with Gasteiger partial charge in [0, 0.05) is 22.7 Å². The smallest absolute Gasteiger partial charge is 0.267 e. The molecule has 0 atom stereocenters. The Morgan fingerprint density at radius 1 is 1.17 bits per heavy atom. The van der Waals surface area contributed by atoms with Crippen molar-refractivity contribution in [1.29, 1.82) is 0 Å². The maximum absolute atomic E-state index is 13.4. The normalized spacial score (nSPS) is 27.1. The molecule has 184 valence electrons. The van der Waals surface area contributed by atoms with Crippen molar-refractivity contribution in [3.8, 4) is 5.75 Å². The first-order chi connectivity index (χ1) is 16.8. The number of para-hydroxylation sites is 1. The summed E-state index contributed by atoms with van der Waals surface area (Å²) in [5.41, 5.74) is 1.24. The van der Waals surface area contributed by atoms with Crippen molar-refractivity contribution in [3.63, 3.8) is 0 Å². The van der Waals surface area contributed by atoms with E-state index in [4.69, 9.17) is 4.98 Å². The number of hydrogen-bond acceptors (Lipinski definition) is 5. The average molecular weight is 492 g/mol. The molecule has 7 rings (SSSR count). The number of benzene rings is 1. The average Bonchev–Trinajstić information content (AvgIpc) is 3.27. The van der Waals surface area contributed by atoms with Crippen molar-refractivity contribution in [3.05, 3.63) is 51.3 Å². The van der Waals surface area contributed by atoms with Gasteiger partial charge < -0.3 is 9.67 Å². The highest BCUT2D eigenvalue weighted by Gasteiger charge is 2.52. The van der Waals surface area contributed by atoms with Crippen LogP contribution >= 0.6 is 11.3 Å². The molecule has 1 aromatic carbocycles. The van der Waals surface area contributed by atoms with Gasteiger partial charge in [0.2, 0.25) is 0 Å². The van der Waals surface area contributed by atoms with Gasteiger partial charge in [-0.15, -0.1) is 11.3 Å². The number of pyridine rings is 1.